The van der Waals surface area contributed by atoms with Crippen molar-refractivity contribution < 1.29 is 4.74 Å². The minimum atomic E-state index is 0.0751. The number of hydrogen-bond donors (Lipinski definition) is 1. The summed E-state index contributed by atoms with van der Waals surface area (Å²) in [5, 5.41) is 10.8. The monoisotopic (exact) mass is 222 g/mol. The van der Waals surface area contributed by atoms with Crippen LogP contribution in [0.2, 0.25) is 0 Å². The summed E-state index contributed by atoms with van der Waals surface area (Å²) in [7, 11) is 0. The predicted molar refractivity (Wildman–Crippen MR) is 66.9 cm³/mol. The third-order valence-electron chi connectivity index (χ3n) is 2.78. The number of nitrogens with zero attached hydrogens (tertiary/aromatic N) is 1. The number of aromatic nitrogens is 1. The summed E-state index contributed by atoms with van der Waals surface area (Å²) in [6.45, 7) is 0.0751. The Bertz CT molecular complexity index is 722. The van der Waals surface area contributed by atoms with Gasteiger partial charge in [0.1, 0.15) is 11.8 Å². The van der Waals surface area contributed by atoms with Gasteiger partial charge in [-0.15, -0.1) is 0 Å². The molecule has 0 amide bonds. The van der Waals surface area contributed by atoms with E-state index in [1.807, 2.05) is 42.5 Å². The third-order valence-corrected chi connectivity index (χ3v) is 2.78. The van der Waals surface area contributed by atoms with Crippen LogP contribution in [-0.2, 0) is 0 Å². The Balaban J connectivity index is 2.17. The minimum absolute atomic E-state index is 0.0751. The van der Waals surface area contributed by atoms with E-state index >= 15 is 0 Å². The first-order chi connectivity index (χ1) is 8.38. The maximum Gasteiger partial charge on any atom is 0.174 e. The highest BCUT2D eigenvalue weighted by Crippen LogP contribution is 2.27. The van der Waals surface area contributed by atoms with Gasteiger partial charge in [-0.1, -0.05) is 18.2 Å². The number of hydrogen-bond acceptors (Lipinski definition) is 2. The van der Waals surface area contributed by atoms with Gasteiger partial charge in [-0.25, -0.2) is 0 Å². The first-order valence-corrected chi connectivity index (χ1v) is 5.39. The Hall–Kier alpha value is -2.47. The fourth-order valence-electron chi connectivity index (χ4n) is 2.04. The van der Waals surface area contributed by atoms with Gasteiger partial charge in [0.25, 0.3) is 0 Å². The summed E-state index contributed by atoms with van der Waals surface area (Å²) in [5.74, 6) is 0.714. The second kappa shape index (κ2) is 3.84. The molecule has 1 N–H and O–H groups in total. The summed E-state index contributed by atoms with van der Waals surface area (Å²) in [5.41, 5.74) is 2.14. The maximum atomic E-state index is 8.47. The molecule has 1 aromatic heterocycles. The number of nitrogens with one attached hydrogen (secondary N) is 1. The smallest absolute Gasteiger partial charge is 0.174 e. The molecule has 2 aromatic carbocycles. The molecule has 0 bridgehead atoms. The van der Waals surface area contributed by atoms with Gasteiger partial charge < -0.3 is 9.72 Å². The van der Waals surface area contributed by atoms with Crippen molar-refractivity contribution in [1.82, 2.24) is 4.98 Å². The van der Waals surface area contributed by atoms with Crippen LogP contribution in [0.25, 0.3) is 21.8 Å². The van der Waals surface area contributed by atoms with Gasteiger partial charge in [0.15, 0.2) is 6.61 Å². The van der Waals surface area contributed by atoms with E-state index in [-0.39, 0.29) is 6.61 Å². The van der Waals surface area contributed by atoms with Gasteiger partial charge in [0.05, 0.1) is 5.52 Å². The predicted octanol–water partition coefficient (Wildman–Crippen LogP) is 3.22. The van der Waals surface area contributed by atoms with Gasteiger partial charge in [-0.05, 0) is 18.2 Å². The molecular formula is C14H10N2O. The molecule has 0 unspecified atom stereocenters. The lowest BCUT2D eigenvalue weighted by molar-refractivity contribution is 0.368. The molecular weight excluding hydrogens is 212 g/mol. The summed E-state index contributed by atoms with van der Waals surface area (Å²) < 4.78 is 5.28. The summed E-state index contributed by atoms with van der Waals surface area (Å²) >= 11 is 0. The number of rotatable bonds is 2. The molecule has 3 rings (SSSR count). The Morgan fingerprint density at radius 1 is 1.06 bits per heavy atom. The fraction of sp³-hybridized carbons (Fsp3) is 0.0714. The van der Waals surface area contributed by atoms with Crippen LogP contribution in [0.1, 0.15) is 0 Å². The van der Waals surface area contributed by atoms with Crippen molar-refractivity contribution in [2.75, 3.05) is 6.61 Å². The average Bonchev–Trinajstić information content (AvgIpc) is 2.74. The summed E-state index contributed by atoms with van der Waals surface area (Å²) in [6, 6.07) is 15.9. The molecule has 1 heterocycles. The van der Waals surface area contributed by atoms with Crippen molar-refractivity contribution in [3.05, 3.63) is 42.5 Å². The highest BCUT2D eigenvalue weighted by atomic mass is 16.5. The van der Waals surface area contributed by atoms with Gasteiger partial charge in [-0.2, -0.15) is 5.26 Å². The van der Waals surface area contributed by atoms with Crippen LogP contribution in [0.3, 0.4) is 0 Å². The lowest BCUT2D eigenvalue weighted by atomic mass is 10.1. The number of ether oxygens (including phenoxy) is 1. The normalized spacial score (nSPS) is 10.5. The summed E-state index contributed by atoms with van der Waals surface area (Å²) in [6.07, 6.45) is 0. The number of aromatic amines is 1. The van der Waals surface area contributed by atoms with Crippen molar-refractivity contribution in [3.8, 4) is 11.8 Å². The van der Waals surface area contributed by atoms with Crippen LogP contribution in [0.15, 0.2) is 42.5 Å². The molecule has 0 aliphatic rings. The van der Waals surface area contributed by atoms with Gasteiger partial charge in [0, 0.05) is 22.4 Å². The van der Waals surface area contributed by atoms with Crippen LogP contribution < -0.4 is 4.74 Å². The number of H-pyrrole nitrogens is 1. The molecule has 0 spiro atoms. The fourth-order valence-corrected chi connectivity index (χ4v) is 2.04. The van der Waals surface area contributed by atoms with E-state index < -0.39 is 0 Å². The van der Waals surface area contributed by atoms with E-state index in [1.165, 1.54) is 10.8 Å². The van der Waals surface area contributed by atoms with Crippen molar-refractivity contribution in [1.29, 1.82) is 5.26 Å². The molecule has 3 aromatic rings. The quantitative estimate of drug-likeness (QED) is 0.723. The molecule has 0 fully saturated rings. The topological polar surface area (TPSA) is 48.8 Å². The van der Waals surface area contributed by atoms with E-state index in [2.05, 4.69) is 11.1 Å². The molecule has 0 radical (unpaired) electrons. The molecule has 0 saturated carbocycles. The molecule has 3 heteroatoms. The zero-order valence-electron chi connectivity index (χ0n) is 9.10. The lowest BCUT2D eigenvalue weighted by Crippen LogP contribution is -1.92. The van der Waals surface area contributed by atoms with Gasteiger partial charge in [0.2, 0.25) is 0 Å². The van der Waals surface area contributed by atoms with Crippen molar-refractivity contribution in [3.63, 3.8) is 0 Å². The SMILES string of the molecule is N#CCOc1ccc2c(c1)[nH]c1ccccc12. The Morgan fingerprint density at radius 2 is 1.88 bits per heavy atom. The maximum absolute atomic E-state index is 8.47. The zero-order valence-corrected chi connectivity index (χ0v) is 9.10. The number of fused-ring (bicyclic) bond motifs is 3. The van der Waals surface area contributed by atoms with Gasteiger partial charge in [-0.3, -0.25) is 0 Å². The van der Waals surface area contributed by atoms with E-state index in [4.69, 9.17) is 10.00 Å². The van der Waals surface area contributed by atoms with E-state index in [0.717, 1.165) is 11.0 Å². The van der Waals surface area contributed by atoms with Crippen LogP contribution in [-0.4, -0.2) is 11.6 Å². The molecule has 82 valence electrons. The highest BCUT2D eigenvalue weighted by molar-refractivity contribution is 6.07. The molecule has 3 nitrogen and oxygen atoms in total. The molecule has 0 saturated heterocycles. The average molecular weight is 222 g/mol. The minimum Gasteiger partial charge on any atom is -0.479 e. The molecule has 0 atom stereocenters. The molecule has 0 aliphatic carbocycles. The second-order valence-corrected chi connectivity index (χ2v) is 3.82. The van der Waals surface area contributed by atoms with Crippen LogP contribution in [0.4, 0.5) is 0 Å². The van der Waals surface area contributed by atoms with Crippen LogP contribution >= 0.6 is 0 Å². The van der Waals surface area contributed by atoms with Crippen molar-refractivity contribution in [2.45, 2.75) is 0 Å². The van der Waals surface area contributed by atoms with Crippen LogP contribution in [0, 0.1) is 11.3 Å². The number of nitriles is 1. The summed E-state index contributed by atoms with van der Waals surface area (Å²) in [4.78, 5) is 3.33. The Kier molecular flexibility index (Phi) is 2.20. The van der Waals surface area contributed by atoms with E-state index in [9.17, 15) is 0 Å². The standard InChI is InChI=1S/C14H10N2O/c15-7-8-17-10-5-6-12-11-3-1-2-4-13(11)16-14(12)9-10/h1-6,9,16H,8H2. The highest BCUT2D eigenvalue weighted by Gasteiger charge is 2.04. The Labute approximate surface area is 98.2 Å². The van der Waals surface area contributed by atoms with Crippen molar-refractivity contribution >= 4 is 21.8 Å². The lowest BCUT2D eigenvalue weighted by Gasteiger charge is -2.00. The largest absolute Gasteiger partial charge is 0.479 e. The number of para-hydroxylation sites is 1. The third kappa shape index (κ3) is 1.60. The second-order valence-electron chi connectivity index (χ2n) is 3.82. The Morgan fingerprint density at radius 3 is 2.76 bits per heavy atom. The molecule has 0 aliphatic heterocycles. The molecule has 17 heavy (non-hydrogen) atoms. The van der Waals surface area contributed by atoms with Gasteiger partial charge >= 0.3 is 0 Å². The van der Waals surface area contributed by atoms with E-state index in [0.29, 0.717) is 5.75 Å². The van der Waals surface area contributed by atoms with E-state index in [1.54, 1.807) is 0 Å². The first-order valence-electron chi connectivity index (χ1n) is 5.39. The number of benzene rings is 2. The zero-order chi connectivity index (χ0) is 11.7. The van der Waals surface area contributed by atoms with Crippen LogP contribution in [0.5, 0.6) is 5.75 Å². The van der Waals surface area contributed by atoms with Crippen molar-refractivity contribution in [2.24, 2.45) is 0 Å². The first kappa shape index (κ1) is 9.73.